The van der Waals surface area contributed by atoms with E-state index in [2.05, 4.69) is 57.1 Å². The van der Waals surface area contributed by atoms with Crippen molar-refractivity contribution in [1.82, 2.24) is 25.5 Å². The van der Waals surface area contributed by atoms with E-state index in [9.17, 15) is 0 Å². The van der Waals surface area contributed by atoms with Crippen LogP contribution < -0.4 is 15.8 Å². The molecule has 3 heterocycles. The van der Waals surface area contributed by atoms with Gasteiger partial charge in [-0.05, 0) is 41.6 Å². The molecular formula is C22H24N6O. The molecule has 0 aliphatic carbocycles. The summed E-state index contributed by atoms with van der Waals surface area (Å²) >= 11 is 0. The third-order valence-electron chi connectivity index (χ3n) is 5.58. The van der Waals surface area contributed by atoms with Gasteiger partial charge in [0.05, 0.1) is 6.54 Å². The molecular weight excluding hydrogens is 364 g/mol. The maximum absolute atomic E-state index is 6.47. The van der Waals surface area contributed by atoms with Gasteiger partial charge >= 0.3 is 0 Å². The van der Waals surface area contributed by atoms with Crippen LogP contribution in [0.2, 0.25) is 0 Å². The highest BCUT2D eigenvalue weighted by Crippen LogP contribution is 2.42. The normalized spacial score (nSPS) is 17.5. The molecule has 0 amide bonds. The number of hydrogen-bond donors (Lipinski definition) is 2. The first-order valence-electron chi connectivity index (χ1n) is 10.1. The van der Waals surface area contributed by atoms with Crippen molar-refractivity contribution in [2.45, 2.75) is 25.0 Å². The van der Waals surface area contributed by atoms with Gasteiger partial charge in [-0.2, -0.15) is 4.80 Å². The second-order valence-corrected chi connectivity index (χ2v) is 7.55. The van der Waals surface area contributed by atoms with E-state index in [0.29, 0.717) is 18.9 Å². The van der Waals surface area contributed by atoms with Gasteiger partial charge in [0, 0.05) is 30.5 Å². The summed E-state index contributed by atoms with van der Waals surface area (Å²) < 4.78 is 6.47. The number of hydrogen-bond acceptors (Lipinski definition) is 6. The number of para-hydroxylation sites is 1. The average Bonchev–Trinajstić information content (AvgIpc) is 3.23. The third-order valence-corrected chi connectivity index (χ3v) is 5.58. The first kappa shape index (κ1) is 18.0. The van der Waals surface area contributed by atoms with E-state index in [1.165, 1.54) is 10.4 Å². The molecule has 1 fully saturated rings. The Balaban J connectivity index is 1.50. The highest BCUT2D eigenvalue weighted by atomic mass is 16.5. The van der Waals surface area contributed by atoms with Crippen molar-refractivity contribution in [3.8, 4) is 17.1 Å². The zero-order chi connectivity index (χ0) is 19.7. The lowest BCUT2D eigenvalue weighted by Gasteiger charge is -2.40. The Hall–Kier alpha value is -3.03. The minimum Gasteiger partial charge on any atom is -0.482 e. The lowest BCUT2D eigenvalue weighted by atomic mass is 9.83. The van der Waals surface area contributed by atoms with Gasteiger partial charge in [-0.25, -0.2) is 0 Å². The van der Waals surface area contributed by atoms with E-state index in [1.54, 1.807) is 0 Å². The van der Waals surface area contributed by atoms with E-state index < -0.39 is 0 Å². The van der Waals surface area contributed by atoms with Crippen molar-refractivity contribution in [1.29, 1.82) is 0 Å². The second-order valence-electron chi connectivity index (χ2n) is 7.55. The number of piperidine rings is 1. The quantitative estimate of drug-likeness (QED) is 0.712. The number of ether oxygens (including phenoxy) is 1. The number of nitrogens with one attached hydrogen (secondary N) is 1. The van der Waals surface area contributed by atoms with E-state index in [1.807, 2.05) is 18.2 Å². The largest absolute Gasteiger partial charge is 0.482 e. The molecule has 2 aliphatic rings. The van der Waals surface area contributed by atoms with Gasteiger partial charge in [-0.1, -0.05) is 42.5 Å². The van der Waals surface area contributed by atoms with E-state index in [4.69, 9.17) is 10.5 Å². The molecule has 148 valence electrons. The van der Waals surface area contributed by atoms with Crippen LogP contribution in [0.1, 0.15) is 24.0 Å². The first-order valence-corrected chi connectivity index (χ1v) is 10.1. The molecule has 0 saturated carbocycles. The molecule has 0 bridgehead atoms. The molecule has 1 saturated heterocycles. The number of rotatable bonds is 4. The predicted octanol–water partition coefficient (Wildman–Crippen LogP) is 2.25. The summed E-state index contributed by atoms with van der Waals surface area (Å²) in [7, 11) is 0. The summed E-state index contributed by atoms with van der Waals surface area (Å²) in [5.74, 6) is 1.57. The van der Waals surface area contributed by atoms with Crippen LogP contribution >= 0.6 is 0 Å². The van der Waals surface area contributed by atoms with Crippen LogP contribution in [0, 0.1) is 0 Å². The van der Waals surface area contributed by atoms with Gasteiger partial charge in [0.15, 0.2) is 0 Å². The number of nitrogens with zero attached hydrogens (tertiary/aromatic N) is 4. The topological polar surface area (TPSA) is 90.9 Å². The highest BCUT2D eigenvalue weighted by Gasteiger charge is 2.36. The van der Waals surface area contributed by atoms with Gasteiger partial charge in [0.25, 0.3) is 0 Å². The Morgan fingerprint density at radius 3 is 2.59 bits per heavy atom. The molecule has 0 radical (unpaired) electrons. The SMILES string of the molecule is NCCn1nnc(-c2ccc(C3=CC4(CCNCC4)Oc4ccccc43)cc2)n1. The summed E-state index contributed by atoms with van der Waals surface area (Å²) in [6.45, 7) is 2.98. The first-order chi connectivity index (χ1) is 14.3. The molecule has 7 heteroatoms. The smallest absolute Gasteiger partial charge is 0.204 e. The van der Waals surface area contributed by atoms with Crippen molar-refractivity contribution in [3.63, 3.8) is 0 Å². The number of nitrogens with two attached hydrogens (primary N) is 1. The van der Waals surface area contributed by atoms with Crippen molar-refractivity contribution in [2.75, 3.05) is 19.6 Å². The van der Waals surface area contributed by atoms with Crippen molar-refractivity contribution in [2.24, 2.45) is 5.73 Å². The fourth-order valence-electron chi connectivity index (χ4n) is 4.07. The van der Waals surface area contributed by atoms with Crippen LogP contribution in [-0.2, 0) is 6.54 Å². The molecule has 3 aromatic rings. The highest BCUT2D eigenvalue weighted by molar-refractivity contribution is 5.85. The summed E-state index contributed by atoms with van der Waals surface area (Å²) in [5, 5.41) is 16.0. The maximum atomic E-state index is 6.47. The van der Waals surface area contributed by atoms with Crippen LogP contribution in [0.4, 0.5) is 0 Å². The Labute approximate surface area is 169 Å². The molecule has 1 aromatic heterocycles. The van der Waals surface area contributed by atoms with E-state index >= 15 is 0 Å². The summed E-state index contributed by atoms with van der Waals surface area (Å²) in [4.78, 5) is 1.53. The molecule has 2 aromatic carbocycles. The summed E-state index contributed by atoms with van der Waals surface area (Å²) in [6, 6.07) is 16.6. The Kier molecular flexibility index (Phi) is 4.61. The molecule has 0 unspecified atom stereocenters. The fourth-order valence-corrected chi connectivity index (χ4v) is 4.07. The Bertz CT molecular complexity index is 1030. The van der Waals surface area contributed by atoms with Gasteiger partial charge in [0.2, 0.25) is 5.82 Å². The maximum Gasteiger partial charge on any atom is 0.204 e. The number of aromatic nitrogens is 4. The van der Waals surface area contributed by atoms with Gasteiger partial charge in [0.1, 0.15) is 11.4 Å². The predicted molar refractivity (Wildman–Crippen MR) is 111 cm³/mol. The second kappa shape index (κ2) is 7.42. The van der Waals surface area contributed by atoms with Gasteiger partial charge in [-0.3, -0.25) is 0 Å². The van der Waals surface area contributed by atoms with E-state index in [0.717, 1.165) is 48.4 Å². The van der Waals surface area contributed by atoms with Crippen LogP contribution in [0.3, 0.4) is 0 Å². The lowest BCUT2D eigenvalue weighted by molar-refractivity contribution is 0.0817. The van der Waals surface area contributed by atoms with Crippen LogP contribution in [0.25, 0.3) is 17.0 Å². The monoisotopic (exact) mass is 388 g/mol. The zero-order valence-electron chi connectivity index (χ0n) is 16.2. The van der Waals surface area contributed by atoms with Crippen LogP contribution in [0.15, 0.2) is 54.6 Å². The number of benzene rings is 2. The molecule has 29 heavy (non-hydrogen) atoms. The zero-order valence-corrected chi connectivity index (χ0v) is 16.2. The van der Waals surface area contributed by atoms with Gasteiger partial charge < -0.3 is 15.8 Å². The Morgan fingerprint density at radius 2 is 1.79 bits per heavy atom. The van der Waals surface area contributed by atoms with Crippen LogP contribution in [-0.4, -0.2) is 45.4 Å². The minimum absolute atomic E-state index is 0.236. The number of fused-ring (bicyclic) bond motifs is 1. The average molecular weight is 388 g/mol. The standard InChI is InChI=1S/C22H24N6O/c23-11-14-28-26-21(25-27-28)17-7-5-16(6-8-17)19-15-22(9-12-24-13-10-22)29-20-4-2-1-3-18(19)20/h1-8,15,24H,9-14,23H2. The number of tetrazole rings is 1. The summed E-state index contributed by atoms with van der Waals surface area (Å²) in [6.07, 6.45) is 4.26. The molecule has 5 rings (SSSR count). The van der Waals surface area contributed by atoms with Crippen molar-refractivity contribution < 1.29 is 4.74 Å². The van der Waals surface area contributed by atoms with Crippen LogP contribution in [0.5, 0.6) is 5.75 Å². The molecule has 3 N–H and O–H groups in total. The van der Waals surface area contributed by atoms with Crippen molar-refractivity contribution >= 4 is 5.57 Å². The molecule has 2 aliphatic heterocycles. The third kappa shape index (κ3) is 3.43. The van der Waals surface area contributed by atoms with E-state index in [-0.39, 0.29) is 5.60 Å². The van der Waals surface area contributed by atoms with Crippen molar-refractivity contribution in [3.05, 3.63) is 65.7 Å². The molecule has 1 spiro atoms. The fraction of sp³-hybridized carbons (Fsp3) is 0.318. The van der Waals surface area contributed by atoms with Gasteiger partial charge in [-0.15, -0.1) is 10.2 Å². The molecule has 0 atom stereocenters. The summed E-state index contributed by atoms with van der Waals surface area (Å²) in [5.41, 5.74) is 9.78. The lowest BCUT2D eigenvalue weighted by Crippen LogP contribution is -2.46. The minimum atomic E-state index is -0.236. The molecule has 7 nitrogen and oxygen atoms in total. The Morgan fingerprint density at radius 1 is 1.03 bits per heavy atom.